The van der Waals surface area contributed by atoms with Gasteiger partial charge >= 0.3 is 0 Å². The molecule has 1 aliphatic carbocycles. The van der Waals surface area contributed by atoms with E-state index >= 15 is 0 Å². The standard InChI is InChI=1S/C13H14FN3O5S/c14-10-3-2-8(15-13(18)9-7-11(9)17(19)20)6-12(10)16-4-1-5-23(16,21)22/h2-3,6,9,11H,1,4-5,7H2,(H,15,18)/t9-,11-/m1/s1. The van der Waals surface area contributed by atoms with Crippen LogP contribution in [0.5, 0.6) is 0 Å². The number of hydrogen-bond acceptors (Lipinski definition) is 5. The van der Waals surface area contributed by atoms with Crippen molar-refractivity contribution in [2.75, 3.05) is 21.9 Å². The van der Waals surface area contributed by atoms with E-state index in [1.54, 1.807) is 0 Å². The molecule has 1 N–H and O–H groups in total. The van der Waals surface area contributed by atoms with Gasteiger partial charge in [-0.05, 0) is 24.6 Å². The van der Waals surface area contributed by atoms with Gasteiger partial charge in [0, 0.05) is 23.6 Å². The fourth-order valence-electron chi connectivity index (χ4n) is 2.62. The van der Waals surface area contributed by atoms with E-state index in [4.69, 9.17) is 0 Å². The van der Waals surface area contributed by atoms with Crippen LogP contribution in [0.2, 0.25) is 0 Å². The highest BCUT2D eigenvalue weighted by Crippen LogP contribution is 2.35. The van der Waals surface area contributed by atoms with Gasteiger partial charge in [0.15, 0.2) is 0 Å². The number of sulfonamides is 1. The maximum Gasteiger partial charge on any atom is 0.235 e. The van der Waals surface area contributed by atoms with E-state index in [0.29, 0.717) is 6.42 Å². The number of halogens is 1. The number of carbonyl (C=O) groups is 1. The Balaban J connectivity index is 1.79. The van der Waals surface area contributed by atoms with Crippen LogP contribution in [0.4, 0.5) is 15.8 Å². The van der Waals surface area contributed by atoms with Crippen LogP contribution in [0.3, 0.4) is 0 Å². The molecule has 23 heavy (non-hydrogen) atoms. The average Bonchev–Trinajstić information content (AvgIpc) is 3.20. The molecule has 3 rings (SSSR count). The summed E-state index contributed by atoms with van der Waals surface area (Å²) in [7, 11) is -3.54. The van der Waals surface area contributed by atoms with Crippen molar-refractivity contribution in [2.45, 2.75) is 18.9 Å². The number of carbonyl (C=O) groups excluding carboxylic acids is 1. The number of benzene rings is 1. The van der Waals surface area contributed by atoms with Gasteiger partial charge in [-0.15, -0.1) is 0 Å². The van der Waals surface area contributed by atoms with Crippen LogP contribution in [0, 0.1) is 21.8 Å². The first kappa shape index (κ1) is 15.7. The molecule has 0 bridgehead atoms. The fourth-order valence-corrected chi connectivity index (χ4v) is 4.18. The van der Waals surface area contributed by atoms with Gasteiger partial charge in [-0.25, -0.2) is 12.8 Å². The SMILES string of the molecule is O=C(Nc1ccc(F)c(N2CCCS2(=O)=O)c1)[C@@H]1C[C@H]1[N+](=O)[O-]. The van der Waals surface area contributed by atoms with E-state index in [9.17, 15) is 27.7 Å². The van der Waals surface area contributed by atoms with Crippen molar-refractivity contribution in [3.63, 3.8) is 0 Å². The minimum absolute atomic E-state index is 0.0460. The third-order valence-electron chi connectivity index (χ3n) is 3.95. The van der Waals surface area contributed by atoms with E-state index in [2.05, 4.69) is 5.32 Å². The number of anilines is 2. The van der Waals surface area contributed by atoms with Crippen molar-refractivity contribution >= 4 is 27.3 Å². The number of amides is 1. The van der Waals surface area contributed by atoms with Crippen molar-refractivity contribution in [3.8, 4) is 0 Å². The summed E-state index contributed by atoms with van der Waals surface area (Å²) in [6.45, 7) is 0.183. The normalized spacial score (nSPS) is 25.2. The Kier molecular flexibility index (Phi) is 3.71. The van der Waals surface area contributed by atoms with Crippen LogP contribution < -0.4 is 9.62 Å². The summed E-state index contributed by atoms with van der Waals surface area (Å²) in [5.41, 5.74) is 0.0874. The topological polar surface area (TPSA) is 110 Å². The quantitative estimate of drug-likeness (QED) is 0.647. The minimum atomic E-state index is -3.54. The molecule has 2 fully saturated rings. The molecule has 1 aromatic rings. The van der Waals surface area contributed by atoms with Crippen LogP contribution in [-0.2, 0) is 14.8 Å². The lowest BCUT2D eigenvalue weighted by molar-refractivity contribution is -0.497. The summed E-state index contributed by atoms with van der Waals surface area (Å²) in [6.07, 6.45) is 0.582. The lowest BCUT2D eigenvalue weighted by Gasteiger charge is -2.18. The van der Waals surface area contributed by atoms with E-state index in [1.165, 1.54) is 12.1 Å². The first-order chi connectivity index (χ1) is 10.8. The van der Waals surface area contributed by atoms with Crippen LogP contribution in [-0.4, -0.2) is 37.6 Å². The van der Waals surface area contributed by atoms with Gasteiger partial charge in [0.1, 0.15) is 11.7 Å². The Morgan fingerprint density at radius 1 is 1.43 bits per heavy atom. The Morgan fingerprint density at radius 3 is 2.74 bits per heavy atom. The summed E-state index contributed by atoms with van der Waals surface area (Å²) in [5.74, 6) is -1.97. The van der Waals surface area contributed by atoms with Gasteiger partial charge in [0.25, 0.3) is 0 Å². The van der Waals surface area contributed by atoms with Crippen LogP contribution in [0.25, 0.3) is 0 Å². The molecule has 0 unspecified atom stereocenters. The molecular formula is C13H14FN3O5S. The van der Waals surface area contributed by atoms with E-state index < -0.39 is 38.6 Å². The van der Waals surface area contributed by atoms with E-state index in [0.717, 1.165) is 10.4 Å². The average molecular weight is 343 g/mol. The maximum absolute atomic E-state index is 13.9. The lowest BCUT2D eigenvalue weighted by Crippen LogP contribution is -2.26. The zero-order valence-corrected chi connectivity index (χ0v) is 12.8. The van der Waals surface area contributed by atoms with Crippen LogP contribution in [0.15, 0.2) is 18.2 Å². The molecule has 10 heteroatoms. The number of nitro groups is 1. The monoisotopic (exact) mass is 343 g/mol. The number of nitrogens with zero attached hydrogens (tertiary/aromatic N) is 2. The second-order valence-electron chi connectivity index (χ2n) is 5.59. The molecular weight excluding hydrogens is 329 g/mol. The first-order valence-electron chi connectivity index (χ1n) is 7.04. The molecule has 124 valence electrons. The third kappa shape index (κ3) is 2.98. The molecule has 1 heterocycles. The summed E-state index contributed by atoms with van der Waals surface area (Å²) < 4.78 is 38.7. The van der Waals surface area contributed by atoms with Crippen LogP contribution in [0.1, 0.15) is 12.8 Å². The molecule has 8 nitrogen and oxygen atoms in total. The van der Waals surface area contributed by atoms with Gasteiger partial charge in [-0.1, -0.05) is 0 Å². The van der Waals surface area contributed by atoms with Gasteiger partial charge in [-0.2, -0.15) is 0 Å². The highest BCUT2D eigenvalue weighted by molar-refractivity contribution is 7.93. The van der Waals surface area contributed by atoms with Crippen molar-refractivity contribution in [2.24, 2.45) is 5.92 Å². The molecule has 2 atom stereocenters. The summed E-state index contributed by atoms with van der Waals surface area (Å²) >= 11 is 0. The van der Waals surface area contributed by atoms with Crippen molar-refractivity contribution < 1.29 is 22.5 Å². The number of rotatable bonds is 4. The second kappa shape index (κ2) is 5.44. The zero-order chi connectivity index (χ0) is 16.8. The lowest BCUT2D eigenvalue weighted by atomic mass is 10.2. The van der Waals surface area contributed by atoms with Gasteiger partial charge in [-0.3, -0.25) is 19.2 Å². The molecule has 1 aromatic carbocycles. The van der Waals surface area contributed by atoms with Crippen LogP contribution >= 0.6 is 0 Å². The number of nitrogens with one attached hydrogen (secondary N) is 1. The molecule has 0 spiro atoms. The largest absolute Gasteiger partial charge is 0.326 e. The van der Waals surface area contributed by atoms with Gasteiger partial charge < -0.3 is 5.32 Å². The fraction of sp³-hybridized carbons (Fsp3) is 0.462. The summed E-state index contributed by atoms with van der Waals surface area (Å²) in [6, 6.07) is 2.72. The first-order valence-corrected chi connectivity index (χ1v) is 8.65. The molecule has 1 saturated carbocycles. The molecule has 0 radical (unpaired) electrons. The van der Waals surface area contributed by atoms with Crippen molar-refractivity contribution in [1.82, 2.24) is 0 Å². The van der Waals surface area contributed by atoms with E-state index in [-0.39, 0.29) is 30.1 Å². The number of hydrogen-bond donors (Lipinski definition) is 1. The second-order valence-corrected chi connectivity index (χ2v) is 7.60. The van der Waals surface area contributed by atoms with Crippen molar-refractivity contribution in [1.29, 1.82) is 0 Å². The predicted molar refractivity (Wildman–Crippen MR) is 79.7 cm³/mol. The molecule has 1 aliphatic heterocycles. The Morgan fingerprint density at radius 2 is 2.17 bits per heavy atom. The Hall–Kier alpha value is -2.23. The van der Waals surface area contributed by atoms with Gasteiger partial charge in [0.05, 0.1) is 11.4 Å². The van der Waals surface area contributed by atoms with E-state index in [1.807, 2.05) is 0 Å². The van der Waals surface area contributed by atoms with Crippen molar-refractivity contribution in [3.05, 3.63) is 34.1 Å². The summed E-state index contributed by atoms with van der Waals surface area (Å²) in [5, 5.41) is 13.1. The Bertz CT molecular complexity index is 782. The summed E-state index contributed by atoms with van der Waals surface area (Å²) in [4.78, 5) is 22.0. The maximum atomic E-state index is 13.9. The predicted octanol–water partition coefficient (Wildman–Crippen LogP) is 0.969. The highest BCUT2D eigenvalue weighted by Gasteiger charge is 2.53. The molecule has 2 aliphatic rings. The molecule has 1 saturated heterocycles. The molecule has 1 amide bonds. The third-order valence-corrected chi connectivity index (χ3v) is 5.80. The Labute approximate surface area is 131 Å². The molecule has 0 aromatic heterocycles. The zero-order valence-electron chi connectivity index (χ0n) is 11.9. The van der Waals surface area contributed by atoms with Gasteiger partial charge in [0.2, 0.25) is 22.0 Å². The highest BCUT2D eigenvalue weighted by atomic mass is 32.2. The minimum Gasteiger partial charge on any atom is -0.326 e. The smallest absolute Gasteiger partial charge is 0.235 e.